The predicted molar refractivity (Wildman–Crippen MR) is 70.1 cm³/mol. The van der Waals surface area contributed by atoms with Gasteiger partial charge in [-0.05, 0) is 25.8 Å². The number of hydrogen-bond acceptors (Lipinski definition) is 3. The summed E-state index contributed by atoms with van der Waals surface area (Å²) in [7, 11) is 0.0487. The van der Waals surface area contributed by atoms with Crippen LogP contribution < -0.4 is 5.32 Å². The lowest BCUT2D eigenvalue weighted by atomic mass is 10.2. The normalized spacial score (nSPS) is 21.6. The summed E-state index contributed by atoms with van der Waals surface area (Å²) < 4.78 is 27.2. The summed E-state index contributed by atoms with van der Waals surface area (Å²) in [6.45, 7) is 4.23. The third-order valence-electron chi connectivity index (χ3n) is 3.25. The molecule has 0 bridgehead atoms. The van der Waals surface area contributed by atoms with Gasteiger partial charge in [-0.3, -0.25) is 0 Å². The van der Waals surface area contributed by atoms with Crippen LogP contribution in [0.2, 0.25) is 0 Å². The molecule has 102 valence electrons. The fourth-order valence-electron chi connectivity index (χ4n) is 2.05. The molecule has 0 saturated carbocycles. The summed E-state index contributed by atoms with van der Waals surface area (Å²) in [5.74, 6) is 0. The van der Waals surface area contributed by atoms with Crippen LogP contribution in [0, 0.1) is 0 Å². The van der Waals surface area contributed by atoms with Crippen LogP contribution >= 0.6 is 0 Å². The number of hydrogen-bond donors (Lipinski definition) is 1. The molecular weight excluding hydrogens is 238 g/mol. The van der Waals surface area contributed by atoms with E-state index in [0.717, 1.165) is 32.2 Å². The number of nitrogens with one attached hydrogen (secondary N) is 1. The van der Waals surface area contributed by atoms with E-state index in [2.05, 4.69) is 12.2 Å². The molecule has 5 nitrogen and oxygen atoms in total. The minimum absolute atomic E-state index is 0.314. The van der Waals surface area contributed by atoms with E-state index >= 15 is 0 Å². The first kappa shape index (κ1) is 14.9. The van der Waals surface area contributed by atoms with Gasteiger partial charge >= 0.3 is 0 Å². The molecule has 1 fully saturated rings. The molecule has 1 rings (SSSR count). The van der Waals surface area contributed by atoms with E-state index in [9.17, 15) is 8.42 Å². The zero-order chi connectivity index (χ0) is 12.9. The van der Waals surface area contributed by atoms with E-state index in [-0.39, 0.29) is 0 Å². The zero-order valence-electron chi connectivity index (χ0n) is 11.1. The van der Waals surface area contributed by atoms with Crippen molar-refractivity contribution in [1.29, 1.82) is 0 Å². The van der Waals surface area contributed by atoms with Crippen LogP contribution in [0.15, 0.2) is 0 Å². The second-order valence-electron chi connectivity index (χ2n) is 4.76. The van der Waals surface area contributed by atoms with E-state index in [4.69, 9.17) is 0 Å². The first-order valence-electron chi connectivity index (χ1n) is 6.39. The van der Waals surface area contributed by atoms with Gasteiger partial charge in [0.1, 0.15) is 0 Å². The smallest absolute Gasteiger partial charge is 0.281 e. The summed E-state index contributed by atoms with van der Waals surface area (Å²) in [4.78, 5) is 0. The van der Waals surface area contributed by atoms with Crippen molar-refractivity contribution < 1.29 is 8.42 Å². The maximum absolute atomic E-state index is 12.1. The van der Waals surface area contributed by atoms with Gasteiger partial charge in [0.05, 0.1) is 0 Å². The van der Waals surface area contributed by atoms with Crippen molar-refractivity contribution in [2.75, 3.05) is 33.7 Å². The molecule has 1 atom stereocenters. The topological polar surface area (TPSA) is 52.7 Å². The molecule has 0 spiro atoms. The third-order valence-corrected chi connectivity index (χ3v) is 5.16. The standard InChI is InChI=1S/C11H25N3O2S/c1-4-5-9-13(2)17(15,16)14(3)10-11-7-6-8-12-11/h11-12H,4-10H2,1-3H3. The van der Waals surface area contributed by atoms with Gasteiger partial charge in [-0.1, -0.05) is 13.3 Å². The molecule has 1 saturated heterocycles. The highest BCUT2D eigenvalue weighted by atomic mass is 32.2. The molecule has 1 aliphatic heterocycles. The average Bonchev–Trinajstić information content (AvgIpc) is 2.78. The van der Waals surface area contributed by atoms with E-state index in [1.807, 2.05) is 0 Å². The Labute approximate surface area is 105 Å². The van der Waals surface area contributed by atoms with Gasteiger partial charge in [-0.25, -0.2) is 0 Å². The van der Waals surface area contributed by atoms with E-state index in [1.165, 1.54) is 8.61 Å². The van der Waals surface area contributed by atoms with E-state index in [1.54, 1.807) is 14.1 Å². The van der Waals surface area contributed by atoms with Crippen LogP contribution in [-0.2, 0) is 10.2 Å². The van der Waals surface area contributed by atoms with Crippen molar-refractivity contribution >= 4 is 10.2 Å². The second kappa shape index (κ2) is 6.68. The molecule has 1 N–H and O–H groups in total. The second-order valence-corrected chi connectivity index (χ2v) is 6.90. The zero-order valence-corrected chi connectivity index (χ0v) is 12.0. The van der Waals surface area contributed by atoms with Gasteiger partial charge in [-0.15, -0.1) is 0 Å². The molecule has 17 heavy (non-hydrogen) atoms. The summed E-state index contributed by atoms with van der Waals surface area (Å²) >= 11 is 0. The van der Waals surface area contributed by atoms with E-state index in [0.29, 0.717) is 19.1 Å². The van der Waals surface area contributed by atoms with Crippen LogP contribution in [0.5, 0.6) is 0 Å². The van der Waals surface area contributed by atoms with Crippen LogP contribution in [0.4, 0.5) is 0 Å². The quantitative estimate of drug-likeness (QED) is 0.733. The lowest BCUT2D eigenvalue weighted by molar-refractivity contribution is 0.365. The monoisotopic (exact) mass is 263 g/mol. The summed E-state index contributed by atoms with van der Waals surface area (Å²) in [6, 6.07) is 0.314. The molecule has 1 unspecified atom stereocenters. The summed E-state index contributed by atoms with van der Waals surface area (Å²) in [6.07, 6.45) is 4.13. The number of rotatable bonds is 7. The molecule has 0 aromatic rings. The largest absolute Gasteiger partial charge is 0.313 e. The molecular formula is C11H25N3O2S. The maximum atomic E-state index is 12.1. The molecule has 0 radical (unpaired) electrons. The molecule has 0 aromatic heterocycles. The Morgan fingerprint density at radius 1 is 1.29 bits per heavy atom. The van der Waals surface area contributed by atoms with Crippen molar-refractivity contribution in [2.45, 2.75) is 38.6 Å². The highest BCUT2D eigenvalue weighted by molar-refractivity contribution is 7.86. The number of unbranched alkanes of at least 4 members (excludes halogenated alkanes) is 1. The molecule has 0 aliphatic carbocycles. The Kier molecular flexibility index (Phi) is 5.85. The maximum Gasteiger partial charge on any atom is 0.281 e. The van der Waals surface area contributed by atoms with Gasteiger partial charge < -0.3 is 5.32 Å². The third kappa shape index (κ3) is 4.21. The van der Waals surface area contributed by atoms with Gasteiger partial charge in [0, 0.05) is 33.2 Å². The lowest BCUT2D eigenvalue weighted by Crippen LogP contribution is -2.45. The van der Waals surface area contributed by atoms with Crippen molar-refractivity contribution in [1.82, 2.24) is 13.9 Å². The number of likely N-dealkylation sites (N-methyl/N-ethyl adjacent to an activating group) is 1. The minimum atomic E-state index is -3.27. The van der Waals surface area contributed by atoms with Gasteiger partial charge in [0.2, 0.25) is 0 Å². The van der Waals surface area contributed by atoms with Crippen LogP contribution in [0.1, 0.15) is 32.6 Å². The van der Waals surface area contributed by atoms with Crippen molar-refractivity contribution in [3.05, 3.63) is 0 Å². The molecule has 1 heterocycles. The van der Waals surface area contributed by atoms with Gasteiger partial charge in [0.25, 0.3) is 10.2 Å². The Balaban J connectivity index is 2.49. The lowest BCUT2D eigenvalue weighted by Gasteiger charge is -2.26. The first-order valence-corrected chi connectivity index (χ1v) is 7.79. The molecule has 1 aliphatic rings. The summed E-state index contributed by atoms with van der Waals surface area (Å²) in [5, 5.41) is 3.32. The summed E-state index contributed by atoms with van der Waals surface area (Å²) in [5.41, 5.74) is 0. The van der Waals surface area contributed by atoms with Crippen LogP contribution in [0.3, 0.4) is 0 Å². The van der Waals surface area contributed by atoms with E-state index < -0.39 is 10.2 Å². The van der Waals surface area contributed by atoms with Crippen LogP contribution in [0.25, 0.3) is 0 Å². The SMILES string of the molecule is CCCCN(C)S(=O)(=O)N(C)CC1CCCN1. The van der Waals surface area contributed by atoms with Crippen molar-refractivity contribution in [3.63, 3.8) is 0 Å². The minimum Gasteiger partial charge on any atom is -0.313 e. The van der Waals surface area contributed by atoms with Gasteiger partial charge in [0.15, 0.2) is 0 Å². The molecule has 6 heteroatoms. The Morgan fingerprint density at radius 3 is 2.53 bits per heavy atom. The Bertz CT molecular complexity index is 313. The highest BCUT2D eigenvalue weighted by Gasteiger charge is 2.26. The Hall–Kier alpha value is -0.170. The predicted octanol–water partition coefficient (Wildman–Crippen LogP) is 0.647. The molecule has 0 amide bonds. The van der Waals surface area contributed by atoms with Crippen molar-refractivity contribution in [3.8, 4) is 0 Å². The first-order chi connectivity index (χ1) is 7.98. The average molecular weight is 263 g/mol. The fourth-order valence-corrected chi connectivity index (χ4v) is 3.26. The highest BCUT2D eigenvalue weighted by Crippen LogP contribution is 2.11. The molecule has 0 aromatic carbocycles. The van der Waals surface area contributed by atoms with Crippen LogP contribution in [-0.4, -0.2) is 56.8 Å². The van der Waals surface area contributed by atoms with Gasteiger partial charge in [-0.2, -0.15) is 17.0 Å². The Morgan fingerprint density at radius 2 is 2.00 bits per heavy atom. The fraction of sp³-hybridized carbons (Fsp3) is 1.00. The van der Waals surface area contributed by atoms with Crippen molar-refractivity contribution in [2.24, 2.45) is 0 Å². The number of nitrogens with zero attached hydrogens (tertiary/aromatic N) is 2.